The van der Waals surface area contributed by atoms with E-state index in [0.29, 0.717) is 24.4 Å². The number of aliphatic hydroxyl groups excluding tert-OH is 1. The van der Waals surface area contributed by atoms with Crippen molar-refractivity contribution in [2.45, 2.75) is 68.0 Å². The highest BCUT2D eigenvalue weighted by atomic mass is 16.3. The van der Waals surface area contributed by atoms with Crippen LogP contribution in [-0.4, -0.2) is 76.1 Å². The van der Waals surface area contributed by atoms with Gasteiger partial charge in [-0.1, -0.05) is 66.3 Å². The van der Waals surface area contributed by atoms with Crippen LogP contribution >= 0.6 is 0 Å². The topological polar surface area (TPSA) is 62.2 Å². The van der Waals surface area contributed by atoms with E-state index in [4.69, 9.17) is 0 Å². The zero-order valence-electron chi connectivity index (χ0n) is 25.0. The number of rotatable bonds is 1. The van der Waals surface area contributed by atoms with Crippen LogP contribution in [0, 0.1) is 23.7 Å². The molecule has 7 heterocycles. The molecular weight excluding hydrogens is 532 g/mol. The minimum absolute atomic E-state index is 0.0143. The summed E-state index contributed by atoms with van der Waals surface area (Å²) in [6.07, 6.45) is 16.9. The van der Waals surface area contributed by atoms with Gasteiger partial charge in [0.2, 0.25) is 0 Å². The van der Waals surface area contributed by atoms with Crippen molar-refractivity contribution in [2.24, 2.45) is 23.7 Å². The lowest BCUT2D eigenvalue weighted by Gasteiger charge is -2.62. The fraction of sp³-hybridized carbons (Fsp3) is 0.514. The molecule has 6 heteroatoms. The summed E-state index contributed by atoms with van der Waals surface area (Å²) in [7, 11) is 0. The van der Waals surface area contributed by atoms with Crippen LogP contribution in [0.1, 0.15) is 38.2 Å². The Morgan fingerprint density at radius 3 is 2.86 bits per heavy atom. The smallest absolute Gasteiger partial charge is 0.131 e. The number of hydrogen-bond donors (Lipinski definition) is 3. The summed E-state index contributed by atoms with van der Waals surface area (Å²) < 4.78 is 0. The molecule has 222 valence electrons. The fourth-order valence-corrected chi connectivity index (χ4v) is 11.7. The van der Waals surface area contributed by atoms with Gasteiger partial charge >= 0.3 is 0 Å². The summed E-state index contributed by atoms with van der Waals surface area (Å²) in [5.41, 5.74) is 8.03. The number of aliphatic hydroxyl groups is 2. The number of para-hydroxylation sites is 1. The molecule has 9 aliphatic rings. The third kappa shape index (κ3) is 2.91. The Labute approximate surface area is 254 Å². The zero-order chi connectivity index (χ0) is 28.8. The fourth-order valence-electron chi connectivity index (χ4n) is 11.7. The van der Waals surface area contributed by atoms with Crippen molar-refractivity contribution >= 4 is 5.69 Å². The highest BCUT2D eigenvalue weighted by molar-refractivity contribution is 5.71. The molecule has 1 aromatic carbocycles. The van der Waals surface area contributed by atoms with Gasteiger partial charge in [0.15, 0.2) is 0 Å². The predicted octanol–water partition coefficient (Wildman–Crippen LogP) is 3.98. The number of allylic oxidation sites excluding steroid dienone is 3. The first-order valence-corrected chi connectivity index (χ1v) is 16.6. The second kappa shape index (κ2) is 8.42. The number of nitrogens with zero attached hydrogens (tertiary/aromatic N) is 3. The van der Waals surface area contributed by atoms with Crippen molar-refractivity contribution in [1.29, 1.82) is 0 Å². The number of piperidine rings is 2. The molecule has 4 fully saturated rings. The second-order valence-corrected chi connectivity index (χ2v) is 14.7. The van der Waals surface area contributed by atoms with Gasteiger partial charge < -0.3 is 20.4 Å². The van der Waals surface area contributed by atoms with Crippen LogP contribution in [0.2, 0.25) is 0 Å². The molecule has 4 unspecified atom stereocenters. The standard InChI is InChI=1S/C37H42N4O2/c1-3-22-19-39-14-12-24-23-8-4-6-10-29(23)38-33(24)31(39)16-25(22)27-20-41-30-11-7-5-9-28(30)36-13-15-40-18-21(2)26(17-37(36,40)43)32(34(27)42)35(36)41/h3-11,20,23,25-26,29,31-32,34-35,38,42-43H,2,12-19H2,1H3/b22-3-/t23?,25-,26-,29?,31?,32-,34+,35-,36?,37+/m0/s1. The molecule has 10 atom stereocenters. The van der Waals surface area contributed by atoms with Gasteiger partial charge in [0, 0.05) is 61.5 Å². The van der Waals surface area contributed by atoms with E-state index in [9.17, 15) is 10.2 Å². The SMILES string of the molecule is C=C1CN2CCC34c5ccccc5N5C=C([C@H]6CC7C8=C(CCN7C/C6=C/C)C6C=CC=CC6N8)[C@@H](O)[C@@H]([C@H]53)[C@H]1C[C@]24O. The van der Waals surface area contributed by atoms with E-state index in [1.54, 1.807) is 5.57 Å². The monoisotopic (exact) mass is 574 g/mol. The Bertz CT molecular complexity index is 1620. The molecule has 2 bridgehead atoms. The van der Waals surface area contributed by atoms with Gasteiger partial charge in [-0.05, 0) is 61.3 Å². The first kappa shape index (κ1) is 25.4. The van der Waals surface area contributed by atoms with Crippen molar-refractivity contribution in [3.05, 3.63) is 101 Å². The van der Waals surface area contributed by atoms with E-state index < -0.39 is 17.2 Å². The van der Waals surface area contributed by atoms with Gasteiger partial charge in [0.1, 0.15) is 5.72 Å². The molecule has 43 heavy (non-hydrogen) atoms. The van der Waals surface area contributed by atoms with E-state index in [0.717, 1.165) is 45.4 Å². The minimum Gasteiger partial charge on any atom is -0.388 e. The highest BCUT2D eigenvalue weighted by Crippen LogP contribution is 2.69. The summed E-state index contributed by atoms with van der Waals surface area (Å²) in [6.45, 7) is 10.4. The Morgan fingerprint density at radius 1 is 1.12 bits per heavy atom. The molecule has 0 aromatic heterocycles. The van der Waals surface area contributed by atoms with Gasteiger partial charge in [0.05, 0.1) is 29.6 Å². The van der Waals surface area contributed by atoms with Crippen LogP contribution < -0.4 is 10.2 Å². The van der Waals surface area contributed by atoms with Gasteiger partial charge in [-0.2, -0.15) is 0 Å². The number of anilines is 1. The molecule has 0 amide bonds. The number of benzene rings is 1. The zero-order valence-corrected chi connectivity index (χ0v) is 25.0. The first-order chi connectivity index (χ1) is 20.9. The van der Waals surface area contributed by atoms with Gasteiger partial charge in [-0.15, -0.1) is 0 Å². The predicted molar refractivity (Wildman–Crippen MR) is 168 cm³/mol. The largest absolute Gasteiger partial charge is 0.388 e. The van der Waals surface area contributed by atoms with Crippen molar-refractivity contribution < 1.29 is 10.2 Å². The van der Waals surface area contributed by atoms with E-state index in [2.05, 4.69) is 94.4 Å². The Morgan fingerprint density at radius 2 is 1.98 bits per heavy atom. The van der Waals surface area contributed by atoms with Crippen molar-refractivity contribution in [1.82, 2.24) is 15.1 Å². The molecule has 1 aromatic rings. The van der Waals surface area contributed by atoms with E-state index in [1.807, 2.05) is 0 Å². The van der Waals surface area contributed by atoms with Crippen LogP contribution in [0.4, 0.5) is 5.69 Å². The Hall–Kier alpha value is -2.90. The average Bonchev–Trinajstić information content (AvgIpc) is 3.66. The van der Waals surface area contributed by atoms with Crippen molar-refractivity contribution in [2.75, 3.05) is 31.1 Å². The molecule has 3 N–H and O–H groups in total. The molecule has 2 aliphatic carbocycles. The molecule has 6 nitrogen and oxygen atoms in total. The maximum absolute atomic E-state index is 12.6. The lowest BCUT2D eigenvalue weighted by molar-refractivity contribution is -0.190. The average molecular weight is 575 g/mol. The van der Waals surface area contributed by atoms with Crippen molar-refractivity contribution in [3.63, 3.8) is 0 Å². The van der Waals surface area contributed by atoms with E-state index in [-0.39, 0.29) is 23.8 Å². The maximum Gasteiger partial charge on any atom is 0.131 e. The van der Waals surface area contributed by atoms with Crippen LogP contribution in [-0.2, 0) is 5.41 Å². The number of nitrogens with one attached hydrogen (secondary N) is 1. The van der Waals surface area contributed by atoms with Crippen LogP contribution in [0.5, 0.6) is 0 Å². The number of fused-ring (bicyclic) bond motifs is 8. The van der Waals surface area contributed by atoms with Crippen LogP contribution in [0.25, 0.3) is 0 Å². The van der Waals surface area contributed by atoms with Crippen LogP contribution in [0.3, 0.4) is 0 Å². The summed E-state index contributed by atoms with van der Waals surface area (Å²) in [5.74, 6) is 0.779. The summed E-state index contributed by atoms with van der Waals surface area (Å²) in [6, 6.07) is 9.54. The third-order valence-corrected chi connectivity index (χ3v) is 13.4. The van der Waals surface area contributed by atoms with Gasteiger partial charge in [-0.3, -0.25) is 9.80 Å². The molecule has 1 saturated carbocycles. The van der Waals surface area contributed by atoms with Gasteiger partial charge in [-0.25, -0.2) is 0 Å². The Kier molecular flexibility index (Phi) is 4.98. The van der Waals surface area contributed by atoms with Crippen LogP contribution in [0.15, 0.2) is 95.4 Å². The summed E-state index contributed by atoms with van der Waals surface area (Å²) in [5, 5.41) is 29.2. The molecular formula is C37H42N4O2. The molecule has 7 aliphatic heterocycles. The summed E-state index contributed by atoms with van der Waals surface area (Å²) >= 11 is 0. The Balaban J connectivity index is 1.10. The third-order valence-electron chi connectivity index (χ3n) is 13.4. The lowest BCUT2D eigenvalue weighted by Crippen LogP contribution is -2.73. The second-order valence-electron chi connectivity index (χ2n) is 14.7. The molecule has 3 saturated heterocycles. The lowest BCUT2D eigenvalue weighted by atomic mass is 9.51. The van der Waals surface area contributed by atoms with Gasteiger partial charge in [0.25, 0.3) is 0 Å². The van der Waals surface area contributed by atoms with E-state index in [1.165, 1.54) is 33.7 Å². The quantitative estimate of drug-likeness (QED) is 0.442. The first-order valence-electron chi connectivity index (χ1n) is 16.6. The summed E-state index contributed by atoms with van der Waals surface area (Å²) in [4.78, 5) is 7.48. The van der Waals surface area contributed by atoms with Crippen molar-refractivity contribution in [3.8, 4) is 0 Å². The minimum atomic E-state index is -0.894. The molecule has 10 rings (SSSR count). The number of hydrogen-bond acceptors (Lipinski definition) is 6. The molecule has 1 spiro atoms. The van der Waals surface area contributed by atoms with E-state index >= 15 is 0 Å². The highest BCUT2D eigenvalue weighted by Gasteiger charge is 2.75. The maximum atomic E-state index is 12.6. The normalized spacial score (nSPS) is 46.3. The molecule has 0 radical (unpaired) electrons.